The summed E-state index contributed by atoms with van der Waals surface area (Å²) in [6.45, 7) is 5.63. The molecule has 0 aliphatic heterocycles. The molecule has 1 saturated carbocycles. The van der Waals surface area contributed by atoms with E-state index in [1.807, 2.05) is 0 Å². The number of allylic oxidation sites excluding steroid dienone is 6. The van der Waals surface area contributed by atoms with Crippen molar-refractivity contribution in [1.82, 2.24) is 0 Å². The fraction of sp³-hybridized carbons (Fsp3) is 0.370. The summed E-state index contributed by atoms with van der Waals surface area (Å²) < 4.78 is 12.7. The van der Waals surface area contributed by atoms with Gasteiger partial charge in [-0.15, -0.1) is 0 Å². The Morgan fingerprint density at radius 3 is 2.33 bits per heavy atom. The molecular weight excluding hydrogens is 601 g/mol. The van der Waals surface area contributed by atoms with Crippen LogP contribution >= 0.6 is 0 Å². The van der Waals surface area contributed by atoms with Crippen LogP contribution in [0.4, 0.5) is 0 Å². The molecule has 0 saturated heterocycles. The van der Waals surface area contributed by atoms with Crippen molar-refractivity contribution in [2.24, 2.45) is 11.8 Å². The Bertz CT molecular complexity index is 2190. The second kappa shape index (κ2) is 12.5. The van der Waals surface area contributed by atoms with Gasteiger partial charge in [0.15, 0.2) is 5.76 Å². The fourth-order valence-corrected chi connectivity index (χ4v) is 9.61. The number of hydrogen-bond acceptors (Lipinski definition) is 3. The molecule has 0 heterocycles. The number of benzene rings is 4. The third kappa shape index (κ3) is 4.87. The third-order valence-electron chi connectivity index (χ3n) is 11.9. The summed E-state index contributed by atoms with van der Waals surface area (Å²) in [5, 5.41) is 6.81. The minimum Gasteiger partial charge on any atom is -0.490 e. The smallest absolute Gasteiger partial charge is 0.208 e. The molecule has 0 amide bonds. The number of ketones is 1. The zero-order chi connectivity index (χ0) is 33.1. The molecular formula is C46H46O3. The number of hydrogen-bond donors (Lipinski definition) is 0. The molecule has 3 nitrogen and oxygen atoms in total. The first kappa shape index (κ1) is 30.7. The minimum absolute atomic E-state index is 0.0624. The first-order valence-corrected chi connectivity index (χ1v) is 18.9. The normalized spacial score (nSPS) is 21.2. The number of carbonyl (C=O) groups excluding carboxylic acids is 1. The first-order chi connectivity index (χ1) is 24.2. The Morgan fingerprint density at radius 2 is 1.49 bits per heavy atom. The lowest BCUT2D eigenvalue weighted by Gasteiger charge is -2.45. The number of unbranched alkanes of at least 4 members (excludes halogenated alkanes) is 6. The predicted octanol–water partition coefficient (Wildman–Crippen LogP) is 10.7. The van der Waals surface area contributed by atoms with Gasteiger partial charge in [-0.25, -0.2) is 0 Å². The number of ether oxygens (including phenoxy) is 2. The fourth-order valence-electron chi connectivity index (χ4n) is 9.61. The maximum absolute atomic E-state index is 14.6. The monoisotopic (exact) mass is 646 g/mol. The van der Waals surface area contributed by atoms with Gasteiger partial charge < -0.3 is 9.47 Å². The van der Waals surface area contributed by atoms with Crippen LogP contribution in [0.15, 0.2) is 89.4 Å². The molecule has 0 bridgehead atoms. The molecule has 0 radical (unpaired) electrons. The van der Waals surface area contributed by atoms with E-state index in [-0.39, 0.29) is 23.5 Å². The van der Waals surface area contributed by atoms with Crippen molar-refractivity contribution in [2.45, 2.75) is 84.0 Å². The van der Waals surface area contributed by atoms with Crippen LogP contribution in [0.1, 0.15) is 99.8 Å². The summed E-state index contributed by atoms with van der Waals surface area (Å²) in [5.41, 5.74) is 10.9. The highest BCUT2D eigenvalue weighted by Gasteiger charge is 2.48. The number of Topliss-reactive ketones (excluding diaryl/α,β-unsaturated/α-hetero) is 1. The van der Waals surface area contributed by atoms with Crippen molar-refractivity contribution < 1.29 is 14.3 Å². The van der Waals surface area contributed by atoms with Gasteiger partial charge in [-0.2, -0.15) is 0 Å². The summed E-state index contributed by atoms with van der Waals surface area (Å²) in [4.78, 5) is 14.6. The van der Waals surface area contributed by atoms with E-state index in [1.165, 1.54) is 97.0 Å². The third-order valence-corrected chi connectivity index (χ3v) is 11.9. The van der Waals surface area contributed by atoms with Crippen molar-refractivity contribution in [3.05, 3.63) is 117 Å². The van der Waals surface area contributed by atoms with Crippen LogP contribution in [0.25, 0.3) is 44.8 Å². The van der Waals surface area contributed by atoms with E-state index in [0.29, 0.717) is 24.7 Å². The molecule has 5 aliphatic carbocycles. The van der Waals surface area contributed by atoms with Gasteiger partial charge in [-0.1, -0.05) is 136 Å². The average molecular weight is 647 g/mol. The van der Waals surface area contributed by atoms with Gasteiger partial charge in [-0.05, 0) is 91.9 Å². The van der Waals surface area contributed by atoms with E-state index in [2.05, 4.69) is 92.8 Å². The maximum atomic E-state index is 14.6. The molecule has 0 N–H and O–H groups in total. The van der Waals surface area contributed by atoms with Crippen molar-refractivity contribution in [3.8, 4) is 11.1 Å². The van der Waals surface area contributed by atoms with Gasteiger partial charge >= 0.3 is 0 Å². The molecule has 3 heteroatoms. The topological polar surface area (TPSA) is 35.5 Å². The zero-order valence-corrected chi connectivity index (χ0v) is 28.9. The van der Waals surface area contributed by atoms with Gasteiger partial charge in [0.05, 0.1) is 19.1 Å². The molecule has 0 spiro atoms. The number of rotatable bonds is 12. The average Bonchev–Trinajstić information content (AvgIpc) is 3.13. The molecule has 4 aromatic carbocycles. The van der Waals surface area contributed by atoms with Crippen LogP contribution in [-0.2, 0) is 20.7 Å². The molecule has 4 aromatic rings. The van der Waals surface area contributed by atoms with Gasteiger partial charge in [0.25, 0.3) is 0 Å². The summed E-state index contributed by atoms with van der Waals surface area (Å²) in [5.74, 6) is 1.25. The van der Waals surface area contributed by atoms with Gasteiger partial charge in [-0.3, -0.25) is 4.79 Å². The van der Waals surface area contributed by atoms with E-state index >= 15 is 0 Å². The highest BCUT2D eigenvalue weighted by atomic mass is 16.5. The molecule has 3 unspecified atom stereocenters. The lowest BCUT2D eigenvalue weighted by atomic mass is 9.58. The standard InChI is InChI=1S/C46H46O3/c1-3-5-7-11-23-48-39-27-31-26-30-16-18-35-34-17-15-29-25-28-13-9-10-14-32(28)33-19-20-36(43(34)40(29)33)37-21-22-38(41(30)44(35)37)42(31)45(47)46(39)49-24-12-8-6-4-2/h9-10,13-22,27,38,41-42H,3-8,11-12,23-26H2,1-2H3. The van der Waals surface area contributed by atoms with E-state index < -0.39 is 0 Å². The molecule has 248 valence electrons. The van der Waals surface area contributed by atoms with Crippen LogP contribution in [0.3, 0.4) is 0 Å². The predicted molar refractivity (Wildman–Crippen MR) is 201 cm³/mol. The highest BCUT2D eigenvalue weighted by molar-refractivity contribution is 6.20. The van der Waals surface area contributed by atoms with Crippen LogP contribution in [0.2, 0.25) is 0 Å². The molecule has 49 heavy (non-hydrogen) atoms. The minimum atomic E-state index is -0.224. The SMILES string of the molecule is CCCCCCOC1=C(OCCCCCC)C(=O)C2C(=C1)CC1=CC=c3c4c(c5ccc6c7c(ccc3c57)Cc3ccccc3-6)C=CC2C14. The lowest BCUT2D eigenvalue weighted by molar-refractivity contribution is -0.123. The van der Waals surface area contributed by atoms with E-state index in [1.54, 1.807) is 0 Å². The Kier molecular flexibility index (Phi) is 7.83. The molecule has 5 aliphatic rings. The maximum Gasteiger partial charge on any atom is 0.208 e. The number of carbonyl (C=O) groups is 1. The van der Waals surface area contributed by atoms with Crippen molar-refractivity contribution in [1.29, 1.82) is 0 Å². The van der Waals surface area contributed by atoms with Crippen LogP contribution in [0, 0.1) is 11.8 Å². The lowest BCUT2D eigenvalue weighted by Crippen LogP contribution is -2.41. The molecule has 3 atom stereocenters. The quantitative estimate of drug-likeness (QED) is 0.127. The van der Waals surface area contributed by atoms with E-state index in [0.717, 1.165) is 38.5 Å². The van der Waals surface area contributed by atoms with Crippen LogP contribution in [-0.4, -0.2) is 19.0 Å². The number of fused-ring (bicyclic) bond motifs is 6. The summed E-state index contributed by atoms with van der Waals surface area (Å²) >= 11 is 0. The van der Waals surface area contributed by atoms with Crippen molar-refractivity contribution in [3.63, 3.8) is 0 Å². The van der Waals surface area contributed by atoms with Gasteiger partial charge in [0.2, 0.25) is 11.5 Å². The first-order valence-electron chi connectivity index (χ1n) is 18.9. The van der Waals surface area contributed by atoms with Crippen molar-refractivity contribution >= 4 is 39.5 Å². The molecule has 1 fully saturated rings. The zero-order valence-electron chi connectivity index (χ0n) is 28.9. The van der Waals surface area contributed by atoms with Gasteiger partial charge in [0, 0.05) is 11.8 Å². The summed E-state index contributed by atoms with van der Waals surface area (Å²) in [6.07, 6.45) is 22.4. The second-order valence-corrected chi connectivity index (χ2v) is 14.8. The van der Waals surface area contributed by atoms with Crippen LogP contribution < -0.4 is 5.22 Å². The molecule has 0 aromatic heterocycles. The Morgan fingerprint density at radius 1 is 0.694 bits per heavy atom. The highest BCUT2D eigenvalue weighted by Crippen LogP contribution is 2.55. The summed E-state index contributed by atoms with van der Waals surface area (Å²) in [6, 6.07) is 18.3. The second-order valence-electron chi connectivity index (χ2n) is 14.8. The van der Waals surface area contributed by atoms with Crippen molar-refractivity contribution in [2.75, 3.05) is 13.2 Å². The van der Waals surface area contributed by atoms with Gasteiger partial charge in [0.1, 0.15) is 0 Å². The van der Waals surface area contributed by atoms with E-state index in [9.17, 15) is 4.79 Å². The Hall–Kier alpha value is -4.37. The van der Waals surface area contributed by atoms with E-state index in [4.69, 9.17) is 9.47 Å². The molecule has 9 rings (SSSR count). The Balaban J connectivity index is 1.13. The Labute approximate surface area is 290 Å². The summed E-state index contributed by atoms with van der Waals surface area (Å²) in [7, 11) is 0. The van der Waals surface area contributed by atoms with Crippen LogP contribution in [0.5, 0.6) is 0 Å². The largest absolute Gasteiger partial charge is 0.490 e.